The standard InChI is InChI=1S/C24H27FN4O3/c1-3-17(2)29-23(31)20-6-4-5-7-21(20)28(24(29)32)16-22(30)27-14-12-26(13-15-27)19-10-8-18(25)9-11-19/h4-11,17H,3,12-16H2,1-2H3/t17-/m1/s1. The summed E-state index contributed by atoms with van der Waals surface area (Å²) in [6.45, 7) is 5.90. The van der Waals surface area contributed by atoms with Gasteiger partial charge < -0.3 is 9.80 Å². The van der Waals surface area contributed by atoms with E-state index in [1.165, 1.54) is 21.3 Å². The van der Waals surface area contributed by atoms with Gasteiger partial charge in [-0.3, -0.25) is 18.7 Å². The Morgan fingerprint density at radius 3 is 2.31 bits per heavy atom. The summed E-state index contributed by atoms with van der Waals surface area (Å²) in [6.07, 6.45) is 0.632. The Morgan fingerprint density at radius 1 is 1.00 bits per heavy atom. The Kier molecular flexibility index (Phi) is 6.12. The number of fused-ring (bicyclic) bond motifs is 1. The molecular formula is C24H27FN4O3. The minimum absolute atomic E-state index is 0.118. The van der Waals surface area contributed by atoms with Gasteiger partial charge in [0.2, 0.25) is 5.91 Å². The molecule has 0 N–H and O–H groups in total. The van der Waals surface area contributed by atoms with Crippen LogP contribution in [0.25, 0.3) is 10.9 Å². The van der Waals surface area contributed by atoms with Crippen LogP contribution < -0.4 is 16.1 Å². The molecule has 0 bridgehead atoms. The second kappa shape index (κ2) is 8.98. The predicted octanol–water partition coefficient (Wildman–Crippen LogP) is 2.62. The normalized spacial score (nSPS) is 15.2. The van der Waals surface area contributed by atoms with Gasteiger partial charge in [-0.05, 0) is 49.7 Å². The molecule has 1 fully saturated rings. The van der Waals surface area contributed by atoms with Crippen molar-refractivity contribution < 1.29 is 9.18 Å². The number of hydrogen-bond acceptors (Lipinski definition) is 4. The van der Waals surface area contributed by atoms with Gasteiger partial charge in [-0.25, -0.2) is 9.18 Å². The fourth-order valence-corrected chi connectivity index (χ4v) is 4.16. The van der Waals surface area contributed by atoms with E-state index in [4.69, 9.17) is 0 Å². The predicted molar refractivity (Wildman–Crippen MR) is 123 cm³/mol. The Hall–Kier alpha value is -3.42. The summed E-state index contributed by atoms with van der Waals surface area (Å²) in [5, 5.41) is 0.432. The minimum atomic E-state index is -0.457. The molecule has 168 valence electrons. The van der Waals surface area contributed by atoms with Gasteiger partial charge in [0.1, 0.15) is 12.4 Å². The van der Waals surface area contributed by atoms with Crippen LogP contribution >= 0.6 is 0 Å². The van der Waals surface area contributed by atoms with Crippen LogP contribution in [0.1, 0.15) is 26.3 Å². The van der Waals surface area contributed by atoms with Gasteiger partial charge in [-0.2, -0.15) is 0 Å². The zero-order valence-corrected chi connectivity index (χ0v) is 18.3. The number of hydrogen-bond donors (Lipinski definition) is 0. The van der Waals surface area contributed by atoms with Crippen molar-refractivity contribution in [3.05, 3.63) is 75.2 Å². The van der Waals surface area contributed by atoms with Gasteiger partial charge in [-0.15, -0.1) is 0 Å². The number of aromatic nitrogens is 2. The smallest absolute Gasteiger partial charge is 0.332 e. The highest BCUT2D eigenvalue weighted by Gasteiger charge is 2.24. The lowest BCUT2D eigenvalue weighted by Crippen LogP contribution is -2.51. The first-order valence-corrected chi connectivity index (χ1v) is 10.9. The number of nitrogens with zero attached hydrogens (tertiary/aromatic N) is 4. The molecule has 8 heteroatoms. The topological polar surface area (TPSA) is 67.6 Å². The van der Waals surface area contributed by atoms with Crippen LogP contribution in [0.2, 0.25) is 0 Å². The lowest BCUT2D eigenvalue weighted by atomic mass is 10.2. The highest BCUT2D eigenvalue weighted by Crippen LogP contribution is 2.17. The molecule has 0 unspecified atom stereocenters. The molecule has 0 spiro atoms. The molecule has 1 aromatic heterocycles. The number of halogens is 1. The van der Waals surface area contributed by atoms with E-state index in [2.05, 4.69) is 4.90 Å². The summed E-state index contributed by atoms with van der Waals surface area (Å²) in [4.78, 5) is 43.0. The maximum atomic E-state index is 13.2. The molecule has 1 aliphatic heterocycles. The van der Waals surface area contributed by atoms with Gasteiger partial charge in [0.05, 0.1) is 10.9 Å². The van der Waals surface area contributed by atoms with Crippen molar-refractivity contribution in [3.63, 3.8) is 0 Å². The van der Waals surface area contributed by atoms with Gasteiger partial charge in [0, 0.05) is 37.9 Å². The number of para-hydroxylation sites is 1. The molecular weight excluding hydrogens is 411 g/mol. The van der Waals surface area contributed by atoms with Crippen LogP contribution in [0, 0.1) is 5.82 Å². The summed E-state index contributed by atoms with van der Waals surface area (Å²) in [6, 6.07) is 13.0. The Balaban J connectivity index is 1.57. The minimum Gasteiger partial charge on any atom is -0.368 e. The second-order valence-electron chi connectivity index (χ2n) is 8.16. The van der Waals surface area contributed by atoms with E-state index >= 15 is 0 Å². The van der Waals surface area contributed by atoms with Crippen molar-refractivity contribution in [1.82, 2.24) is 14.0 Å². The third-order valence-electron chi connectivity index (χ3n) is 6.23. The third kappa shape index (κ3) is 4.04. The van der Waals surface area contributed by atoms with Crippen molar-refractivity contribution >= 4 is 22.5 Å². The van der Waals surface area contributed by atoms with E-state index in [1.54, 1.807) is 41.3 Å². The van der Waals surface area contributed by atoms with Gasteiger partial charge in [-0.1, -0.05) is 19.1 Å². The Bertz CT molecular complexity index is 1240. The monoisotopic (exact) mass is 438 g/mol. The molecule has 1 atom stereocenters. The van der Waals surface area contributed by atoms with E-state index in [9.17, 15) is 18.8 Å². The first kappa shape index (κ1) is 21.8. The molecule has 1 amide bonds. The van der Waals surface area contributed by atoms with Crippen LogP contribution in [0.4, 0.5) is 10.1 Å². The largest absolute Gasteiger partial charge is 0.368 e. The zero-order chi connectivity index (χ0) is 22.8. The maximum absolute atomic E-state index is 13.2. The van der Waals surface area contributed by atoms with E-state index in [-0.39, 0.29) is 29.9 Å². The average Bonchev–Trinajstić information content (AvgIpc) is 2.82. The van der Waals surface area contributed by atoms with Crippen molar-refractivity contribution in [2.45, 2.75) is 32.9 Å². The summed E-state index contributed by atoms with van der Waals surface area (Å²) in [5.41, 5.74) is 0.611. The quantitative estimate of drug-likeness (QED) is 0.614. The molecule has 7 nitrogen and oxygen atoms in total. The van der Waals surface area contributed by atoms with Crippen LogP contribution in [0.15, 0.2) is 58.1 Å². The number of rotatable bonds is 5. The lowest BCUT2D eigenvalue weighted by molar-refractivity contribution is -0.132. The van der Waals surface area contributed by atoms with Crippen molar-refractivity contribution in [3.8, 4) is 0 Å². The lowest BCUT2D eigenvalue weighted by Gasteiger charge is -2.36. The number of benzene rings is 2. The molecule has 32 heavy (non-hydrogen) atoms. The number of anilines is 1. The van der Waals surface area contributed by atoms with E-state index in [0.717, 1.165) is 5.69 Å². The average molecular weight is 439 g/mol. The van der Waals surface area contributed by atoms with Crippen molar-refractivity contribution in [2.24, 2.45) is 0 Å². The Morgan fingerprint density at radius 2 is 1.66 bits per heavy atom. The molecule has 3 aromatic rings. The van der Waals surface area contributed by atoms with Crippen molar-refractivity contribution in [1.29, 1.82) is 0 Å². The highest BCUT2D eigenvalue weighted by molar-refractivity contribution is 5.82. The molecule has 0 aliphatic carbocycles. The van der Waals surface area contributed by atoms with E-state index in [0.29, 0.717) is 43.5 Å². The Labute approximate surface area is 185 Å². The first-order chi connectivity index (χ1) is 15.4. The number of carbonyl (C=O) groups is 1. The molecule has 4 rings (SSSR count). The van der Waals surface area contributed by atoms with E-state index in [1.807, 2.05) is 13.8 Å². The van der Waals surface area contributed by atoms with Gasteiger partial charge in [0.15, 0.2) is 0 Å². The molecule has 2 heterocycles. The third-order valence-corrected chi connectivity index (χ3v) is 6.23. The SMILES string of the molecule is CC[C@@H](C)n1c(=O)c2ccccc2n(CC(=O)N2CCN(c3ccc(F)cc3)CC2)c1=O. The molecule has 0 radical (unpaired) electrons. The maximum Gasteiger partial charge on any atom is 0.332 e. The summed E-state index contributed by atoms with van der Waals surface area (Å²) < 4.78 is 15.8. The summed E-state index contributed by atoms with van der Waals surface area (Å²) in [5.74, 6) is -0.440. The van der Waals surface area contributed by atoms with Crippen LogP contribution in [0.3, 0.4) is 0 Å². The number of amides is 1. The fourth-order valence-electron chi connectivity index (χ4n) is 4.16. The van der Waals surface area contributed by atoms with Gasteiger partial charge >= 0.3 is 5.69 Å². The fraction of sp³-hybridized carbons (Fsp3) is 0.375. The van der Waals surface area contributed by atoms with Crippen LogP contribution in [0.5, 0.6) is 0 Å². The highest BCUT2D eigenvalue weighted by atomic mass is 19.1. The molecule has 1 aliphatic rings. The van der Waals surface area contributed by atoms with Crippen molar-refractivity contribution in [2.75, 3.05) is 31.1 Å². The summed E-state index contributed by atoms with van der Waals surface area (Å²) >= 11 is 0. The number of carbonyl (C=O) groups excluding carboxylic acids is 1. The molecule has 2 aromatic carbocycles. The second-order valence-corrected chi connectivity index (χ2v) is 8.16. The zero-order valence-electron chi connectivity index (χ0n) is 18.3. The number of piperazine rings is 1. The van der Waals surface area contributed by atoms with Crippen LogP contribution in [-0.4, -0.2) is 46.1 Å². The molecule has 0 saturated carbocycles. The van der Waals surface area contributed by atoms with Crippen LogP contribution in [-0.2, 0) is 11.3 Å². The van der Waals surface area contributed by atoms with E-state index < -0.39 is 5.69 Å². The molecule has 1 saturated heterocycles. The first-order valence-electron chi connectivity index (χ1n) is 10.9. The summed E-state index contributed by atoms with van der Waals surface area (Å²) in [7, 11) is 0. The van der Waals surface area contributed by atoms with Gasteiger partial charge in [0.25, 0.3) is 5.56 Å².